The third kappa shape index (κ3) is 4.35. The van der Waals surface area contributed by atoms with Gasteiger partial charge in [-0.1, -0.05) is 127 Å². The van der Waals surface area contributed by atoms with Gasteiger partial charge in [-0.25, -0.2) is 0 Å². The highest BCUT2D eigenvalue weighted by Crippen LogP contribution is 2.45. The van der Waals surface area contributed by atoms with Crippen LogP contribution in [0.15, 0.2) is 180 Å². The van der Waals surface area contributed by atoms with Gasteiger partial charge in [0.1, 0.15) is 11.2 Å². The highest BCUT2D eigenvalue weighted by Gasteiger charge is 2.20. The van der Waals surface area contributed by atoms with Gasteiger partial charge >= 0.3 is 0 Å². The zero-order valence-corrected chi connectivity index (χ0v) is 28.3. The number of thiophene rings is 1. The number of benzene rings is 8. The Bertz CT molecular complexity index is 3140. The lowest BCUT2D eigenvalue weighted by Gasteiger charge is -2.16. The number of fused-ring (bicyclic) bond motifs is 9. The van der Waals surface area contributed by atoms with Crippen LogP contribution in [0.4, 0.5) is 0 Å². The van der Waals surface area contributed by atoms with Crippen molar-refractivity contribution in [3.05, 3.63) is 176 Å². The predicted octanol–water partition coefficient (Wildman–Crippen LogP) is 14.1. The molecule has 11 aromatic rings. The fraction of sp³-hybridized carbons (Fsp3) is 0. The summed E-state index contributed by atoms with van der Waals surface area (Å²) in [7, 11) is 0. The van der Waals surface area contributed by atoms with Crippen molar-refractivity contribution in [1.82, 2.24) is 4.57 Å². The van der Waals surface area contributed by atoms with E-state index in [9.17, 15) is 0 Å². The predicted molar refractivity (Wildman–Crippen MR) is 217 cm³/mol. The van der Waals surface area contributed by atoms with Crippen LogP contribution in [0.5, 0.6) is 0 Å². The molecule has 0 saturated heterocycles. The van der Waals surface area contributed by atoms with Crippen LogP contribution < -0.4 is 0 Å². The third-order valence-corrected chi connectivity index (χ3v) is 11.6. The summed E-state index contributed by atoms with van der Waals surface area (Å²) in [5.41, 5.74) is 12.4. The first-order valence-corrected chi connectivity index (χ1v) is 18.2. The third-order valence-electron chi connectivity index (χ3n) is 10.4. The molecule has 3 heterocycles. The molecule has 238 valence electrons. The van der Waals surface area contributed by atoms with Crippen molar-refractivity contribution in [2.45, 2.75) is 0 Å². The number of hydrogen-bond acceptors (Lipinski definition) is 2. The number of nitrogens with zero attached hydrogens (tertiary/aromatic N) is 1. The summed E-state index contributed by atoms with van der Waals surface area (Å²) in [6.45, 7) is 0. The molecule has 0 aliphatic carbocycles. The van der Waals surface area contributed by atoms with Gasteiger partial charge in [-0.15, -0.1) is 11.3 Å². The summed E-state index contributed by atoms with van der Waals surface area (Å²) < 4.78 is 11.5. The molecule has 8 aromatic carbocycles. The summed E-state index contributed by atoms with van der Waals surface area (Å²) >= 11 is 1.88. The molecule has 0 fully saturated rings. The molecule has 0 saturated carbocycles. The van der Waals surface area contributed by atoms with Crippen molar-refractivity contribution in [3.63, 3.8) is 0 Å². The number of para-hydroxylation sites is 3. The van der Waals surface area contributed by atoms with Crippen molar-refractivity contribution >= 4 is 75.3 Å². The van der Waals surface area contributed by atoms with Crippen LogP contribution in [0, 0.1) is 0 Å². The number of aromatic nitrogens is 1. The van der Waals surface area contributed by atoms with Crippen LogP contribution >= 0.6 is 11.3 Å². The smallest absolute Gasteiger partial charge is 0.136 e. The molecule has 0 N–H and O–H groups in total. The van der Waals surface area contributed by atoms with Crippen LogP contribution in [0.3, 0.4) is 0 Å². The van der Waals surface area contributed by atoms with Crippen molar-refractivity contribution in [2.24, 2.45) is 0 Å². The summed E-state index contributed by atoms with van der Waals surface area (Å²) in [6.07, 6.45) is 0. The van der Waals surface area contributed by atoms with Crippen LogP contribution in [0.1, 0.15) is 0 Å². The van der Waals surface area contributed by atoms with Crippen LogP contribution in [-0.2, 0) is 0 Å². The van der Waals surface area contributed by atoms with Gasteiger partial charge < -0.3 is 8.98 Å². The minimum atomic E-state index is 0.899. The molecule has 0 aliphatic heterocycles. The molecule has 51 heavy (non-hydrogen) atoms. The van der Waals surface area contributed by atoms with E-state index < -0.39 is 0 Å². The summed E-state index contributed by atoms with van der Waals surface area (Å²) in [4.78, 5) is 0. The Labute approximate surface area is 298 Å². The fourth-order valence-electron chi connectivity index (χ4n) is 8.07. The minimum Gasteiger partial charge on any atom is -0.456 e. The van der Waals surface area contributed by atoms with Crippen LogP contribution in [-0.4, -0.2) is 4.57 Å². The first-order valence-electron chi connectivity index (χ1n) is 17.3. The lowest BCUT2D eigenvalue weighted by atomic mass is 9.97. The Morgan fingerprint density at radius 1 is 0.392 bits per heavy atom. The number of rotatable bonds is 4. The maximum absolute atomic E-state index is 6.36. The Morgan fingerprint density at radius 3 is 1.94 bits per heavy atom. The fourth-order valence-corrected chi connectivity index (χ4v) is 9.30. The number of furan rings is 1. The molecular weight excluding hydrogens is 639 g/mol. The molecule has 3 aromatic heterocycles. The zero-order valence-electron chi connectivity index (χ0n) is 27.5. The molecule has 2 nitrogen and oxygen atoms in total. The maximum atomic E-state index is 6.36. The van der Waals surface area contributed by atoms with E-state index in [0.29, 0.717) is 0 Å². The monoisotopic (exact) mass is 667 g/mol. The quantitative estimate of drug-likeness (QED) is 0.183. The van der Waals surface area contributed by atoms with E-state index in [1.54, 1.807) is 0 Å². The number of hydrogen-bond donors (Lipinski definition) is 0. The van der Waals surface area contributed by atoms with E-state index in [1.807, 2.05) is 23.5 Å². The molecule has 0 amide bonds. The molecule has 0 aliphatic rings. The Balaban J connectivity index is 1.22. The maximum Gasteiger partial charge on any atom is 0.136 e. The Kier molecular flexibility index (Phi) is 6.16. The second kappa shape index (κ2) is 11.0. The lowest BCUT2D eigenvalue weighted by molar-refractivity contribution is 0.669. The SMILES string of the molecule is c1ccc(-c2cc(-c3ccc4c(c3)oc3ccccc34)cc(-n3c4ccccc4c4cccc(-c5cccc6c5sc5ccccc56)c43)c2)cc1. The topological polar surface area (TPSA) is 18.1 Å². The standard InChI is InChI=1S/C48H29NOS/c1-2-12-30(13-3-1)32-26-33(31-24-25-37-36-15-5-8-22-44(36)50-45(37)29-31)28-34(27-32)49-43-21-7-4-14-35(43)39-17-10-18-40(47(39)49)42-20-11-19-41-38-16-6-9-23-46(38)51-48(41)42/h1-29H. The van der Waals surface area contributed by atoms with Gasteiger partial charge in [-0.2, -0.15) is 0 Å². The molecule has 0 spiro atoms. The molecular formula is C48H29NOS. The van der Waals surface area contributed by atoms with E-state index in [-0.39, 0.29) is 0 Å². The zero-order chi connectivity index (χ0) is 33.5. The average molecular weight is 668 g/mol. The Hall–Kier alpha value is -6.42. The second-order valence-electron chi connectivity index (χ2n) is 13.3. The van der Waals surface area contributed by atoms with E-state index in [1.165, 1.54) is 64.2 Å². The molecule has 0 radical (unpaired) electrons. The average Bonchev–Trinajstić information content (AvgIpc) is 3.87. The van der Waals surface area contributed by atoms with E-state index in [2.05, 4.69) is 168 Å². The van der Waals surface area contributed by atoms with Gasteiger partial charge in [-0.3, -0.25) is 0 Å². The largest absolute Gasteiger partial charge is 0.456 e. The van der Waals surface area contributed by atoms with Gasteiger partial charge in [0.05, 0.1) is 11.0 Å². The first-order chi connectivity index (χ1) is 25.3. The molecule has 0 unspecified atom stereocenters. The molecule has 0 atom stereocenters. The highest BCUT2D eigenvalue weighted by atomic mass is 32.1. The van der Waals surface area contributed by atoms with Gasteiger partial charge in [0.25, 0.3) is 0 Å². The molecule has 3 heteroatoms. The minimum absolute atomic E-state index is 0.899. The van der Waals surface area contributed by atoms with Crippen molar-refractivity contribution in [1.29, 1.82) is 0 Å². The van der Waals surface area contributed by atoms with E-state index in [0.717, 1.165) is 38.8 Å². The van der Waals surface area contributed by atoms with Crippen LogP contribution in [0.25, 0.3) is 103 Å². The first kappa shape index (κ1) is 28.4. The van der Waals surface area contributed by atoms with Crippen molar-refractivity contribution in [2.75, 3.05) is 0 Å². The van der Waals surface area contributed by atoms with Crippen LogP contribution in [0.2, 0.25) is 0 Å². The lowest BCUT2D eigenvalue weighted by Crippen LogP contribution is -1.97. The van der Waals surface area contributed by atoms with Gasteiger partial charge in [0, 0.05) is 58.5 Å². The molecule has 0 bridgehead atoms. The van der Waals surface area contributed by atoms with Crippen molar-refractivity contribution in [3.8, 4) is 39.1 Å². The normalized spacial score (nSPS) is 11.9. The van der Waals surface area contributed by atoms with E-state index >= 15 is 0 Å². The highest BCUT2D eigenvalue weighted by molar-refractivity contribution is 7.26. The van der Waals surface area contributed by atoms with Gasteiger partial charge in [-0.05, 0) is 70.8 Å². The van der Waals surface area contributed by atoms with Gasteiger partial charge in [0.2, 0.25) is 0 Å². The van der Waals surface area contributed by atoms with E-state index in [4.69, 9.17) is 4.42 Å². The molecule has 11 rings (SSSR count). The summed E-state index contributed by atoms with van der Waals surface area (Å²) in [5.74, 6) is 0. The van der Waals surface area contributed by atoms with Gasteiger partial charge in [0.15, 0.2) is 0 Å². The Morgan fingerprint density at radius 2 is 1.06 bits per heavy atom. The summed E-state index contributed by atoms with van der Waals surface area (Å²) in [6, 6.07) is 63.8. The summed E-state index contributed by atoms with van der Waals surface area (Å²) in [5, 5.41) is 7.39. The second-order valence-corrected chi connectivity index (χ2v) is 14.3. The van der Waals surface area contributed by atoms with Crippen molar-refractivity contribution < 1.29 is 4.42 Å².